The van der Waals surface area contributed by atoms with Crippen molar-refractivity contribution in [1.82, 2.24) is 25.5 Å². The van der Waals surface area contributed by atoms with Crippen molar-refractivity contribution in [1.29, 1.82) is 0 Å². The zero-order valence-corrected chi connectivity index (χ0v) is 19.4. The second-order valence-corrected chi connectivity index (χ2v) is 9.89. The number of Topliss-reactive ketones (excluding diaryl/α,β-unsaturated/α-hetero) is 2. The normalized spacial score (nSPS) is 15.5. The third-order valence-corrected chi connectivity index (χ3v) is 6.94. The van der Waals surface area contributed by atoms with Gasteiger partial charge in [-0.3, -0.25) is 19.2 Å². The lowest BCUT2D eigenvalue weighted by molar-refractivity contribution is 0.0978. The molecule has 0 fully saturated rings. The highest BCUT2D eigenvalue weighted by molar-refractivity contribution is 7.14. The fourth-order valence-corrected chi connectivity index (χ4v) is 5.16. The molecule has 11 heteroatoms. The number of nitrogens with zero attached hydrogens (tertiary/aromatic N) is 3. The van der Waals surface area contributed by atoms with E-state index < -0.39 is 0 Å². The van der Waals surface area contributed by atoms with Crippen LogP contribution in [0.1, 0.15) is 50.3 Å². The van der Waals surface area contributed by atoms with E-state index in [1.54, 1.807) is 13.8 Å². The molecular weight excluding hydrogens is 450 g/mol. The van der Waals surface area contributed by atoms with E-state index in [2.05, 4.69) is 20.6 Å². The van der Waals surface area contributed by atoms with Crippen molar-refractivity contribution in [3.63, 3.8) is 0 Å². The molecule has 0 atom stereocenters. The molecule has 0 bridgehead atoms. The first kappa shape index (κ1) is 22.2. The summed E-state index contributed by atoms with van der Waals surface area (Å²) < 4.78 is 0. The Hall–Kier alpha value is -3.02. The van der Waals surface area contributed by atoms with Crippen molar-refractivity contribution in [3.8, 4) is 0 Å². The molecule has 0 spiro atoms. The summed E-state index contributed by atoms with van der Waals surface area (Å²) in [7, 11) is 1.91. The number of ketones is 4. The van der Waals surface area contributed by atoms with E-state index in [9.17, 15) is 19.2 Å². The number of aryl methyl sites for hydroxylation is 2. The average Bonchev–Trinajstić information content (AvgIpc) is 3.33. The van der Waals surface area contributed by atoms with Crippen LogP contribution in [-0.2, 0) is 0 Å². The Morgan fingerprint density at radius 1 is 0.781 bits per heavy atom. The standard InChI is InChI=1S/C21H21N5O4S2/c1-10-24-16-14(27)8-12(18(29)20(16)31-10)22-4-6-26(3)7-5-23-13-9-15(28)17-21(19(13)30)32-11(2)25-17/h8-9,22-23H,4-7H2,1-3H3. The number of hydrogen-bond acceptors (Lipinski definition) is 11. The number of carbonyl (C=O) groups is 4. The van der Waals surface area contributed by atoms with Gasteiger partial charge in [-0.25, -0.2) is 9.97 Å². The molecule has 0 radical (unpaired) electrons. The molecule has 0 aromatic carbocycles. The molecular formula is C21H21N5O4S2. The Balaban J connectivity index is 1.24. The van der Waals surface area contributed by atoms with Gasteiger partial charge in [-0.05, 0) is 20.9 Å². The van der Waals surface area contributed by atoms with Crippen molar-refractivity contribution in [2.75, 3.05) is 33.2 Å². The van der Waals surface area contributed by atoms with Crippen LogP contribution in [0.3, 0.4) is 0 Å². The van der Waals surface area contributed by atoms with Crippen LogP contribution in [-0.4, -0.2) is 71.2 Å². The summed E-state index contributed by atoms with van der Waals surface area (Å²) in [6, 6.07) is 0. The molecule has 0 amide bonds. The third kappa shape index (κ3) is 4.31. The molecule has 2 aromatic rings. The van der Waals surface area contributed by atoms with Crippen molar-refractivity contribution in [2.45, 2.75) is 13.8 Å². The second-order valence-electron chi connectivity index (χ2n) is 7.48. The fraction of sp³-hybridized carbons (Fsp3) is 0.333. The summed E-state index contributed by atoms with van der Waals surface area (Å²) in [5.74, 6) is -0.939. The van der Waals surface area contributed by atoms with Crippen LogP contribution in [0, 0.1) is 13.8 Å². The highest BCUT2D eigenvalue weighted by atomic mass is 32.1. The first-order valence-electron chi connectivity index (χ1n) is 9.97. The summed E-state index contributed by atoms with van der Waals surface area (Å²) in [4.78, 5) is 60.5. The van der Waals surface area contributed by atoms with Crippen LogP contribution in [0.2, 0.25) is 0 Å². The van der Waals surface area contributed by atoms with E-state index in [0.717, 1.165) is 0 Å². The van der Waals surface area contributed by atoms with E-state index in [-0.39, 0.29) is 45.9 Å². The van der Waals surface area contributed by atoms with Gasteiger partial charge in [-0.15, -0.1) is 22.7 Å². The van der Waals surface area contributed by atoms with Crippen LogP contribution in [0.15, 0.2) is 23.5 Å². The molecule has 2 N–H and O–H groups in total. The highest BCUT2D eigenvalue weighted by Gasteiger charge is 2.30. The maximum atomic E-state index is 12.5. The molecule has 9 nitrogen and oxygen atoms in total. The molecule has 166 valence electrons. The lowest BCUT2D eigenvalue weighted by atomic mass is 10.0. The Labute approximate surface area is 192 Å². The summed E-state index contributed by atoms with van der Waals surface area (Å²) in [6.45, 7) is 5.70. The van der Waals surface area contributed by atoms with Gasteiger partial charge in [0.2, 0.25) is 23.1 Å². The number of aromatic nitrogens is 2. The van der Waals surface area contributed by atoms with E-state index in [0.29, 0.717) is 45.9 Å². The predicted molar refractivity (Wildman–Crippen MR) is 121 cm³/mol. The quantitative estimate of drug-likeness (QED) is 0.591. The minimum Gasteiger partial charge on any atom is -0.380 e. The number of carbonyl (C=O) groups excluding carboxylic acids is 4. The van der Waals surface area contributed by atoms with Crippen molar-refractivity contribution in [2.24, 2.45) is 0 Å². The number of allylic oxidation sites excluding steroid dienone is 4. The van der Waals surface area contributed by atoms with E-state index in [4.69, 9.17) is 0 Å². The minimum absolute atomic E-state index is 0.209. The van der Waals surface area contributed by atoms with Gasteiger partial charge in [0.15, 0.2) is 0 Å². The lowest BCUT2D eigenvalue weighted by Crippen LogP contribution is -2.37. The van der Waals surface area contributed by atoms with Gasteiger partial charge >= 0.3 is 0 Å². The monoisotopic (exact) mass is 471 g/mol. The third-order valence-electron chi connectivity index (χ3n) is 5.01. The minimum atomic E-state index is -0.261. The SMILES string of the molecule is Cc1nc2c(s1)C(=O)C(NCCN(C)CCNC1=CC(=O)c3nc(C)sc3C1=O)=CC2=O. The van der Waals surface area contributed by atoms with Crippen molar-refractivity contribution in [3.05, 3.63) is 54.7 Å². The first-order chi connectivity index (χ1) is 15.2. The fourth-order valence-electron chi connectivity index (χ4n) is 3.41. The summed E-state index contributed by atoms with van der Waals surface area (Å²) in [6.07, 6.45) is 2.61. The number of rotatable bonds is 8. The van der Waals surface area contributed by atoms with Gasteiger partial charge in [0.25, 0.3) is 0 Å². The smallest absolute Gasteiger partial charge is 0.221 e. The van der Waals surface area contributed by atoms with E-state index in [1.807, 2.05) is 11.9 Å². The molecule has 2 aliphatic rings. The van der Waals surface area contributed by atoms with Crippen LogP contribution >= 0.6 is 22.7 Å². The molecule has 2 heterocycles. The van der Waals surface area contributed by atoms with Gasteiger partial charge in [0.05, 0.1) is 21.4 Å². The Bertz CT molecular complexity index is 1110. The van der Waals surface area contributed by atoms with Gasteiger partial charge < -0.3 is 15.5 Å². The molecule has 0 aliphatic heterocycles. The second kappa shape index (κ2) is 8.85. The van der Waals surface area contributed by atoms with Crippen LogP contribution in [0.4, 0.5) is 0 Å². The van der Waals surface area contributed by atoms with Crippen molar-refractivity contribution < 1.29 is 19.2 Å². The number of hydrogen-bond donors (Lipinski definition) is 2. The Kier molecular flexibility index (Phi) is 6.13. The summed E-state index contributed by atoms with van der Waals surface area (Å²) in [5.41, 5.74) is 1.03. The molecule has 2 aliphatic carbocycles. The number of thiazole rings is 2. The lowest BCUT2D eigenvalue weighted by Gasteiger charge is -2.20. The zero-order valence-electron chi connectivity index (χ0n) is 17.8. The molecule has 0 saturated heterocycles. The maximum Gasteiger partial charge on any atom is 0.221 e. The van der Waals surface area contributed by atoms with Gasteiger partial charge in [0.1, 0.15) is 21.1 Å². The Morgan fingerprint density at radius 2 is 1.19 bits per heavy atom. The Morgan fingerprint density at radius 3 is 1.59 bits per heavy atom. The van der Waals surface area contributed by atoms with Crippen LogP contribution in [0.25, 0.3) is 0 Å². The van der Waals surface area contributed by atoms with Gasteiger partial charge in [-0.2, -0.15) is 0 Å². The van der Waals surface area contributed by atoms with Crippen LogP contribution in [0.5, 0.6) is 0 Å². The predicted octanol–water partition coefficient (Wildman–Crippen LogP) is 1.55. The molecule has 2 aromatic heterocycles. The van der Waals surface area contributed by atoms with Gasteiger partial charge in [0, 0.05) is 38.3 Å². The molecule has 32 heavy (non-hydrogen) atoms. The van der Waals surface area contributed by atoms with Crippen molar-refractivity contribution >= 4 is 45.8 Å². The number of likely N-dealkylation sites (N-methyl/N-ethyl adjacent to an activating group) is 1. The topological polar surface area (TPSA) is 121 Å². The molecule has 4 rings (SSSR count). The summed E-state index contributed by atoms with van der Waals surface area (Å²) in [5, 5.41) is 7.46. The molecule has 0 unspecified atom stereocenters. The maximum absolute atomic E-state index is 12.5. The zero-order chi connectivity index (χ0) is 23.0. The largest absolute Gasteiger partial charge is 0.380 e. The first-order valence-corrected chi connectivity index (χ1v) is 11.6. The summed E-state index contributed by atoms with van der Waals surface area (Å²) >= 11 is 2.45. The highest BCUT2D eigenvalue weighted by Crippen LogP contribution is 2.26. The number of fused-ring (bicyclic) bond motifs is 2. The number of nitrogens with one attached hydrogen (secondary N) is 2. The van der Waals surface area contributed by atoms with Crippen LogP contribution < -0.4 is 10.6 Å². The van der Waals surface area contributed by atoms with E-state index in [1.165, 1.54) is 34.8 Å². The average molecular weight is 472 g/mol. The van der Waals surface area contributed by atoms with E-state index >= 15 is 0 Å². The molecule has 0 saturated carbocycles. The van der Waals surface area contributed by atoms with Gasteiger partial charge in [-0.1, -0.05) is 0 Å².